The van der Waals surface area contributed by atoms with Crippen molar-refractivity contribution < 1.29 is 19.4 Å². The minimum atomic E-state index is -1.06. The molecule has 0 fully saturated rings. The first-order valence-electron chi connectivity index (χ1n) is 5.93. The third kappa shape index (κ3) is 4.59. The lowest BCUT2D eigenvalue weighted by molar-refractivity contribution is -0.139. The predicted octanol–water partition coefficient (Wildman–Crippen LogP) is 1.02. The Morgan fingerprint density at radius 2 is 1.89 bits per heavy atom. The van der Waals surface area contributed by atoms with Crippen LogP contribution in [0.15, 0.2) is 24.3 Å². The van der Waals surface area contributed by atoms with Gasteiger partial charge in [-0.15, -0.1) is 0 Å². The van der Waals surface area contributed by atoms with Crippen LogP contribution in [0, 0.1) is 0 Å². The molecule has 0 bridgehead atoms. The molecule has 0 aliphatic carbocycles. The monoisotopic (exact) mass is 266 g/mol. The van der Waals surface area contributed by atoms with Crippen molar-refractivity contribution in [1.82, 2.24) is 5.43 Å². The van der Waals surface area contributed by atoms with Crippen molar-refractivity contribution in [2.45, 2.75) is 32.3 Å². The molecule has 1 amide bonds. The molecular weight excluding hydrogens is 248 g/mol. The zero-order valence-corrected chi connectivity index (χ0v) is 10.9. The molecule has 1 atom stereocenters. The molecule has 0 saturated carbocycles. The van der Waals surface area contributed by atoms with Crippen LogP contribution in [0.5, 0.6) is 5.75 Å². The Balaban J connectivity index is 2.90. The van der Waals surface area contributed by atoms with Crippen molar-refractivity contribution in [3.05, 3.63) is 29.8 Å². The van der Waals surface area contributed by atoms with E-state index in [2.05, 4.69) is 0 Å². The van der Waals surface area contributed by atoms with Gasteiger partial charge >= 0.3 is 5.97 Å². The van der Waals surface area contributed by atoms with Gasteiger partial charge < -0.3 is 9.84 Å². The molecule has 0 radical (unpaired) electrons. The number of carbonyl (C=O) groups excluding carboxylic acids is 1. The van der Waals surface area contributed by atoms with Crippen LogP contribution in [-0.2, 0) is 9.59 Å². The lowest BCUT2D eigenvalue weighted by atomic mass is 9.95. The van der Waals surface area contributed by atoms with Crippen LogP contribution < -0.4 is 16.0 Å². The molecule has 0 aliphatic rings. The lowest BCUT2D eigenvalue weighted by Gasteiger charge is -2.15. The molecule has 0 aliphatic heterocycles. The molecule has 6 nitrogen and oxygen atoms in total. The van der Waals surface area contributed by atoms with Gasteiger partial charge in [-0.05, 0) is 31.5 Å². The largest absolute Gasteiger partial charge is 0.491 e. The van der Waals surface area contributed by atoms with E-state index in [-0.39, 0.29) is 12.5 Å². The molecule has 4 N–H and O–H groups in total. The van der Waals surface area contributed by atoms with Crippen molar-refractivity contribution >= 4 is 11.9 Å². The molecule has 0 heterocycles. The summed E-state index contributed by atoms with van der Waals surface area (Å²) in [7, 11) is 0. The van der Waals surface area contributed by atoms with E-state index in [4.69, 9.17) is 15.7 Å². The third-order valence-electron chi connectivity index (χ3n) is 2.49. The van der Waals surface area contributed by atoms with E-state index in [1.165, 1.54) is 0 Å². The van der Waals surface area contributed by atoms with E-state index in [1.807, 2.05) is 19.3 Å². The van der Waals surface area contributed by atoms with E-state index < -0.39 is 17.8 Å². The number of benzene rings is 1. The Morgan fingerprint density at radius 3 is 2.32 bits per heavy atom. The number of rotatable bonds is 6. The van der Waals surface area contributed by atoms with Crippen LogP contribution >= 0.6 is 0 Å². The summed E-state index contributed by atoms with van der Waals surface area (Å²) in [6.07, 6.45) is -0.263. The fourth-order valence-electron chi connectivity index (χ4n) is 1.69. The number of ether oxygens (including phenoxy) is 1. The van der Waals surface area contributed by atoms with E-state index in [9.17, 15) is 9.59 Å². The zero-order valence-electron chi connectivity index (χ0n) is 10.9. The molecule has 1 aromatic rings. The van der Waals surface area contributed by atoms with Gasteiger partial charge in [-0.2, -0.15) is 0 Å². The minimum absolute atomic E-state index is 0.0491. The van der Waals surface area contributed by atoms with Crippen LogP contribution in [0.2, 0.25) is 0 Å². The Kier molecular flexibility index (Phi) is 5.32. The molecule has 0 aromatic heterocycles. The Morgan fingerprint density at radius 1 is 1.32 bits per heavy atom. The van der Waals surface area contributed by atoms with Crippen molar-refractivity contribution in [3.8, 4) is 5.75 Å². The molecule has 0 unspecified atom stereocenters. The second-order valence-corrected chi connectivity index (χ2v) is 4.39. The number of carboxylic acid groups (broad SMARTS) is 1. The van der Waals surface area contributed by atoms with Gasteiger partial charge in [-0.25, -0.2) is 5.84 Å². The summed E-state index contributed by atoms with van der Waals surface area (Å²) in [6.45, 7) is 3.81. The van der Waals surface area contributed by atoms with Gasteiger partial charge in [0.15, 0.2) is 0 Å². The highest BCUT2D eigenvalue weighted by Gasteiger charge is 2.23. The number of carboxylic acids is 1. The average Bonchev–Trinajstić information content (AvgIpc) is 2.35. The van der Waals surface area contributed by atoms with E-state index in [0.29, 0.717) is 11.3 Å². The highest BCUT2D eigenvalue weighted by Crippen LogP contribution is 2.23. The topological polar surface area (TPSA) is 102 Å². The summed E-state index contributed by atoms with van der Waals surface area (Å²) in [6, 6.07) is 6.74. The molecule has 1 rings (SSSR count). The number of hydrogen-bond acceptors (Lipinski definition) is 4. The maximum Gasteiger partial charge on any atom is 0.304 e. The van der Waals surface area contributed by atoms with Crippen LogP contribution in [0.4, 0.5) is 0 Å². The summed E-state index contributed by atoms with van der Waals surface area (Å²) in [5.74, 6) is 3.34. The summed E-state index contributed by atoms with van der Waals surface area (Å²) in [5, 5.41) is 8.82. The Hall–Kier alpha value is -2.08. The first kappa shape index (κ1) is 15.0. The van der Waals surface area contributed by atoms with Crippen LogP contribution in [0.3, 0.4) is 0 Å². The van der Waals surface area contributed by atoms with Crippen LogP contribution in [0.25, 0.3) is 0 Å². The van der Waals surface area contributed by atoms with Crippen LogP contribution in [-0.4, -0.2) is 23.1 Å². The molecule has 1 aromatic carbocycles. The molecule has 0 saturated heterocycles. The number of carbonyl (C=O) groups is 2. The number of nitrogens with one attached hydrogen (secondary N) is 1. The van der Waals surface area contributed by atoms with Crippen molar-refractivity contribution in [2.24, 2.45) is 5.84 Å². The zero-order chi connectivity index (χ0) is 14.4. The van der Waals surface area contributed by atoms with Gasteiger partial charge in [0, 0.05) is 0 Å². The summed E-state index contributed by atoms with van der Waals surface area (Å²) < 4.78 is 5.48. The number of hydrogen-bond donors (Lipinski definition) is 3. The molecular formula is C13H18N2O4. The highest BCUT2D eigenvalue weighted by atomic mass is 16.5. The SMILES string of the molecule is CC(C)Oc1ccc([C@@H](CC(=O)O)C(=O)NN)cc1. The maximum absolute atomic E-state index is 11.6. The second kappa shape index (κ2) is 6.75. The summed E-state index contributed by atoms with van der Waals surface area (Å²) >= 11 is 0. The standard InChI is InChI=1S/C13H18N2O4/c1-8(2)19-10-5-3-9(4-6-10)11(7-12(16)17)13(18)15-14/h3-6,8,11H,7,14H2,1-2H3,(H,15,18)(H,16,17)/t11-/m1/s1. The van der Waals surface area contributed by atoms with E-state index in [0.717, 1.165) is 0 Å². The quantitative estimate of drug-likeness (QED) is 0.405. The first-order valence-corrected chi connectivity index (χ1v) is 5.93. The van der Waals surface area contributed by atoms with Gasteiger partial charge in [0.05, 0.1) is 18.4 Å². The molecule has 104 valence electrons. The highest BCUT2D eigenvalue weighted by molar-refractivity contribution is 5.87. The first-order chi connectivity index (χ1) is 8.93. The third-order valence-corrected chi connectivity index (χ3v) is 2.49. The van der Waals surface area contributed by atoms with E-state index in [1.54, 1.807) is 24.3 Å². The predicted molar refractivity (Wildman–Crippen MR) is 69.5 cm³/mol. The number of aliphatic carboxylic acids is 1. The van der Waals surface area contributed by atoms with Crippen molar-refractivity contribution in [1.29, 1.82) is 0 Å². The molecule has 0 spiro atoms. The smallest absolute Gasteiger partial charge is 0.304 e. The fourth-order valence-corrected chi connectivity index (χ4v) is 1.69. The lowest BCUT2D eigenvalue weighted by Crippen LogP contribution is -2.35. The summed E-state index contributed by atoms with van der Waals surface area (Å²) in [4.78, 5) is 22.4. The Bertz CT molecular complexity index is 442. The second-order valence-electron chi connectivity index (χ2n) is 4.39. The number of hydrazine groups is 1. The van der Waals surface area contributed by atoms with Gasteiger partial charge in [0.25, 0.3) is 0 Å². The van der Waals surface area contributed by atoms with Gasteiger partial charge in [0.2, 0.25) is 5.91 Å². The minimum Gasteiger partial charge on any atom is -0.491 e. The summed E-state index contributed by atoms with van der Waals surface area (Å²) in [5.41, 5.74) is 2.57. The number of nitrogens with two attached hydrogens (primary N) is 1. The van der Waals surface area contributed by atoms with Crippen molar-refractivity contribution in [3.63, 3.8) is 0 Å². The van der Waals surface area contributed by atoms with Gasteiger partial charge in [-0.3, -0.25) is 15.0 Å². The van der Waals surface area contributed by atoms with Gasteiger partial charge in [0.1, 0.15) is 5.75 Å². The van der Waals surface area contributed by atoms with Crippen molar-refractivity contribution in [2.75, 3.05) is 0 Å². The molecule has 19 heavy (non-hydrogen) atoms. The van der Waals surface area contributed by atoms with Gasteiger partial charge in [-0.1, -0.05) is 12.1 Å². The number of amides is 1. The maximum atomic E-state index is 11.6. The fraction of sp³-hybridized carbons (Fsp3) is 0.385. The van der Waals surface area contributed by atoms with E-state index >= 15 is 0 Å². The average molecular weight is 266 g/mol. The Labute approximate surface area is 111 Å². The molecule has 6 heteroatoms. The normalized spacial score (nSPS) is 12.0. The van der Waals surface area contributed by atoms with Crippen LogP contribution in [0.1, 0.15) is 31.7 Å².